The van der Waals surface area contributed by atoms with Gasteiger partial charge in [-0.05, 0) is 34.5 Å². The molecule has 1 unspecified atom stereocenters. The number of hydrogen-bond acceptors (Lipinski definition) is 2. The van der Waals surface area contributed by atoms with Crippen LogP contribution in [0.3, 0.4) is 0 Å². The number of halogens is 1. The van der Waals surface area contributed by atoms with E-state index in [4.69, 9.17) is 9.84 Å². The largest absolute Gasteiger partial charge is 0.495 e. The summed E-state index contributed by atoms with van der Waals surface area (Å²) in [5.74, 6) is 0.925. The number of aryl methyl sites for hydroxylation is 1. The summed E-state index contributed by atoms with van der Waals surface area (Å²) in [6, 6.07) is 3.98. The van der Waals surface area contributed by atoms with Crippen molar-refractivity contribution in [2.75, 3.05) is 13.7 Å². The van der Waals surface area contributed by atoms with E-state index in [-0.39, 0.29) is 12.5 Å². The first kappa shape index (κ1) is 11.5. The summed E-state index contributed by atoms with van der Waals surface area (Å²) in [7, 11) is 1.65. The van der Waals surface area contributed by atoms with Crippen LogP contribution in [-0.4, -0.2) is 18.8 Å². The van der Waals surface area contributed by atoms with Gasteiger partial charge in [-0.25, -0.2) is 0 Å². The van der Waals surface area contributed by atoms with E-state index >= 15 is 0 Å². The molecule has 1 aromatic carbocycles. The molecule has 1 N–H and O–H groups in total. The number of aliphatic hydroxyl groups excluding tert-OH is 1. The highest BCUT2D eigenvalue weighted by atomic mass is 79.9. The lowest BCUT2D eigenvalue weighted by Crippen LogP contribution is -2.04. The predicted octanol–water partition coefficient (Wildman–Crippen LogP) is 2.86. The molecule has 0 fully saturated rings. The first-order valence-electron chi connectivity index (χ1n) is 4.55. The fraction of sp³-hybridized carbons (Fsp3) is 0.455. The van der Waals surface area contributed by atoms with Gasteiger partial charge in [0.25, 0.3) is 0 Å². The third-order valence-electron chi connectivity index (χ3n) is 2.34. The smallest absolute Gasteiger partial charge is 0.136 e. The van der Waals surface area contributed by atoms with Crippen molar-refractivity contribution in [3.05, 3.63) is 27.7 Å². The van der Waals surface area contributed by atoms with Crippen LogP contribution in [0, 0.1) is 6.92 Å². The average molecular weight is 259 g/mol. The quantitative estimate of drug-likeness (QED) is 0.904. The Bertz CT molecular complexity index is 323. The zero-order valence-electron chi connectivity index (χ0n) is 8.67. The number of benzene rings is 1. The SMILES string of the molecule is COc1c(Br)ccc(C)c1C(C)CO. The lowest BCUT2D eigenvalue weighted by molar-refractivity contribution is 0.269. The highest BCUT2D eigenvalue weighted by Gasteiger charge is 2.15. The van der Waals surface area contributed by atoms with E-state index in [0.717, 1.165) is 21.3 Å². The summed E-state index contributed by atoms with van der Waals surface area (Å²) < 4.78 is 6.25. The summed E-state index contributed by atoms with van der Waals surface area (Å²) in [6.07, 6.45) is 0. The lowest BCUT2D eigenvalue weighted by atomic mass is 9.96. The molecule has 0 amide bonds. The van der Waals surface area contributed by atoms with Crippen molar-refractivity contribution in [2.45, 2.75) is 19.8 Å². The number of methoxy groups -OCH3 is 1. The second-order valence-corrected chi connectivity index (χ2v) is 4.25. The Labute approximate surface area is 93.0 Å². The van der Waals surface area contributed by atoms with Gasteiger partial charge in [-0.1, -0.05) is 13.0 Å². The van der Waals surface area contributed by atoms with Crippen LogP contribution >= 0.6 is 15.9 Å². The second-order valence-electron chi connectivity index (χ2n) is 3.39. The van der Waals surface area contributed by atoms with Crippen molar-refractivity contribution >= 4 is 15.9 Å². The Kier molecular flexibility index (Phi) is 3.96. The summed E-state index contributed by atoms with van der Waals surface area (Å²) >= 11 is 3.43. The molecule has 0 radical (unpaired) electrons. The van der Waals surface area contributed by atoms with Crippen LogP contribution in [-0.2, 0) is 0 Å². The summed E-state index contributed by atoms with van der Waals surface area (Å²) in [6.45, 7) is 4.14. The summed E-state index contributed by atoms with van der Waals surface area (Å²) in [4.78, 5) is 0. The van der Waals surface area contributed by atoms with E-state index in [9.17, 15) is 0 Å². The van der Waals surface area contributed by atoms with E-state index in [1.807, 2.05) is 26.0 Å². The molecule has 0 aromatic heterocycles. The maximum atomic E-state index is 9.15. The van der Waals surface area contributed by atoms with Crippen molar-refractivity contribution in [1.82, 2.24) is 0 Å². The van der Waals surface area contributed by atoms with Gasteiger partial charge >= 0.3 is 0 Å². The van der Waals surface area contributed by atoms with E-state index in [0.29, 0.717) is 0 Å². The molecule has 3 heteroatoms. The fourth-order valence-electron chi connectivity index (χ4n) is 1.58. The topological polar surface area (TPSA) is 29.5 Å². The van der Waals surface area contributed by atoms with Crippen LogP contribution < -0.4 is 4.74 Å². The van der Waals surface area contributed by atoms with Gasteiger partial charge in [0.15, 0.2) is 0 Å². The lowest BCUT2D eigenvalue weighted by Gasteiger charge is -2.17. The molecule has 14 heavy (non-hydrogen) atoms. The predicted molar refractivity (Wildman–Crippen MR) is 60.9 cm³/mol. The minimum Gasteiger partial charge on any atom is -0.495 e. The van der Waals surface area contributed by atoms with Gasteiger partial charge in [0.05, 0.1) is 11.6 Å². The Morgan fingerprint density at radius 2 is 2.14 bits per heavy atom. The average Bonchev–Trinajstić information content (AvgIpc) is 2.19. The van der Waals surface area contributed by atoms with E-state index in [2.05, 4.69) is 15.9 Å². The zero-order chi connectivity index (χ0) is 10.7. The van der Waals surface area contributed by atoms with Crippen molar-refractivity contribution in [1.29, 1.82) is 0 Å². The Hall–Kier alpha value is -0.540. The monoisotopic (exact) mass is 258 g/mol. The van der Waals surface area contributed by atoms with Crippen molar-refractivity contribution in [3.63, 3.8) is 0 Å². The maximum absolute atomic E-state index is 9.15. The molecule has 0 aliphatic carbocycles. The van der Waals surface area contributed by atoms with Gasteiger partial charge in [-0.2, -0.15) is 0 Å². The van der Waals surface area contributed by atoms with Gasteiger partial charge in [0.1, 0.15) is 5.75 Å². The van der Waals surface area contributed by atoms with E-state index < -0.39 is 0 Å². The molecule has 0 aliphatic heterocycles. The first-order valence-corrected chi connectivity index (χ1v) is 5.35. The van der Waals surface area contributed by atoms with Crippen LogP contribution in [0.2, 0.25) is 0 Å². The molecule has 0 bridgehead atoms. The van der Waals surface area contributed by atoms with E-state index in [1.54, 1.807) is 7.11 Å². The molecule has 0 heterocycles. The van der Waals surface area contributed by atoms with Crippen LogP contribution in [0.15, 0.2) is 16.6 Å². The molecule has 2 nitrogen and oxygen atoms in total. The van der Waals surface area contributed by atoms with Gasteiger partial charge in [-0.15, -0.1) is 0 Å². The molecular formula is C11H15BrO2. The normalized spacial score (nSPS) is 12.6. The summed E-state index contributed by atoms with van der Waals surface area (Å²) in [5.41, 5.74) is 2.22. The van der Waals surface area contributed by atoms with Gasteiger partial charge in [0, 0.05) is 18.1 Å². The third-order valence-corrected chi connectivity index (χ3v) is 2.96. The molecule has 0 saturated carbocycles. The van der Waals surface area contributed by atoms with Gasteiger partial charge in [-0.3, -0.25) is 0 Å². The number of ether oxygens (including phenoxy) is 1. The minimum absolute atomic E-state index is 0.0995. The highest BCUT2D eigenvalue weighted by Crippen LogP contribution is 2.35. The molecule has 78 valence electrons. The highest BCUT2D eigenvalue weighted by molar-refractivity contribution is 9.10. The zero-order valence-corrected chi connectivity index (χ0v) is 10.3. The van der Waals surface area contributed by atoms with Gasteiger partial charge < -0.3 is 9.84 Å². The van der Waals surface area contributed by atoms with Crippen molar-refractivity contribution in [2.24, 2.45) is 0 Å². The molecule has 0 spiro atoms. The summed E-state index contributed by atoms with van der Waals surface area (Å²) in [5, 5.41) is 9.15. The van der Waals surface area contributed by atoms with Gasteiger partial charge in [0.2, 0.25) is 0 Å². The van der Waals surface area contributed by atoms with Crippen LogP contribution in [0.1, 0.15) is 24.0 Å². The Morgan fingerprint density at radius 1 is 1.50 bits per heavy atom. The van der Waals surface area contributed by atoms with Crippen molar-refractivity contribution in [3.8, 4) is 5.75 Å². The fourth-order valence-corrected chi connectivity index (χ4v) is 2.09. The second kappa shape index (κ2) is 4.80. The van der Waals surface area contributed by atoms with Crippen LogP contribution in [0.5, 0.6) is 5.75 Å². The van der Waals surface area contributed by atoms with E-state index in [1.165, 1.54) is 0 Å². The third kappa shape index (κ3) is 2.10. The number of rotatable bonds is 3. The standard InChI is InChI=1S/C11H15BrO2/c1-7-4-5-9(12)11(14-3)10(7)8(2)6-13/h4-5,8,13H,6H2,1-3H3. The van der Waals surface area contributed by atoms with Crippen molar-refractivity contribution < 1.29 is 9.84 Å². The molecule has 1 rings (SSSR count). The molecule has 0 aliphatic rings. The van der Waals surface area contributed by atoms with Crippen LogP contribution in [0.4, 0.5) is 0 Å². The first-order chi connectivity index (χ1) is 6.61. The molecule has 0 saturated heterocycles. The maximum Gasteiger partial charge on any atom is 0.136 e. The molecule has 1 aromatic rings. The number of aliphatic hydroxyl groups is 1. The minimum atomic E-state index is 0.0995. The molecule has 1 atom stereocenters. The Balaban J connectivity index is 3.29. The Morgan fingerprint density at radius 3 is 2.64 bits per heavy atom. The van der Waals surface area contributed by atoms with Crippen LogP contribution in [0.25, 0.3) is 0 Å². The number of hydrogen-bond donors (Lipinski definition) is 1. The molecular weight excluding hydrogens is 244 g/mol.